The fourth-order valence-corrected chi connectivity index (χ4v) is 11.2. The van der Waals surface area contributed by atoms with E-state index in [1.54, 1.807) is 6.08 Å². The lowest BCUT2D eigenvalue weighted by Gasteiger charge is -2.29. The molecule has 8 nitrogen and oxygen atoms in total. The third-order valence-corrected chi connectivity index (χ3v) is 16.8. The molecule has 0 spiro atoms. The topological polar surface area (TPSA) is 108 Å². The van der Waals surface area contributed by atoms with E-state index in [1.807, 2.05) is 27.2 Å². The van der Waals surface area contributed by atoms with Crippen LogP contribution in [-0.2, 0) is 18.4 Å². The summed E-state index contributed by atoms with van der Waals surface area (Å²) in [6.07, 6.45) is 79.7. The maximum Gasteiger partial charge on any atom is 0.268 e. The van der Waals surface area contributed by atoms with Gasteiger partial charge in [0.25, 0.3) is 7.82 Å². The highest BCUT2D eigenvalue weighted by atomic mass is 31.2. The lowest BCUT2D eigenvalue weighted by atomic mass is 10.0. The number of nitrogens with zero attached hydrogens (tertiary/aromatic N) is 1. The van der Waals surface area contributed by atoms with Crippen LogP contribution >= 0.6 is 7.82 Å². The number of rotatable bonds is 64. The molecule has 0 heterocycles. The Morgan fingerprint density at radius 1 is 0.449 bits per heavy atom. The molecule has 0 aromatic rings. The molecule has 0 aliphatic heterocycles. The first-order valence-electron chi connectivity index (χ1n) is 34.4. The van der Waals surface area contributed by atoms with Gasteiger partial charge in [-0.05, 0) is 51.4 Å². The number of quaternary nitrogens is 1. The Hall–Kier alpha value is -1.28. The quantitative estimate of drug-likeness (QED) is 0.0272. The number of amides is 1. The summed E-state index contributed by atoms with van der Waals surface area (Å²) in [6, 6.07) is -0.888. The van der Waals surface area contributed by atoms with Crippen molar-refractivity contribution < 1.29 is 32.9 Å². The van der Waals surface area contributed by atoms with Crippen molar-refractivity contribution in [2.75, 3.05) is 40.9 Å². The van der Waals surface area contributed by atoms with Gasteiger partial charge in [-0.3, -0.25) is 9.36 Å². The van der Waals surface area contributed by atoms with Crippen LogP contribution < -0.4 is 10.2 Å². The molecule has 1 amide bonds. The van der Waals surface area contributed by atoms with E-state index in [2.05, 4.69) is 43.5 Å². The van der Waals surface area contributed by atoms with Crippen LogP contribution in [0.1, 0.15) is 348 Å². The van der Waals surface area contributed by atoms with Gasteiger partial charge in [0.2, 0.25) is 5.91 Å². The molecule has 0 aliphatic rings. The van der Waals surface area contributed by atoms with Gasteiger partial charge in [0, 0.05) is 6.42 Å². The highest BCUT2D eigenvalue weighted by molar-refractivity contribution is 7.45. The molecular weight excluding hydrogens is 984 g/mol. The number of hydrogen-bond donors (Lipinski definition) is 2. The Morgan fingerprint density at radius 3 is 1.06 bits per heavy atom. The van der Waals surface area contributed by atoms with Gasteiger partial charge in [0.15, 0.2) is 0 Å². The van der Waals surface area contributed by atoms with Gasteiger partial charge in [-0.1, -0.05) is 326 Å². The summed E-state index contributed by atoms with van der Waals surface area (Å²) in [7, 11) is 1.27. The number of likely N-dealkylation sites (N-methyl/N-ethyl adjacent to an activating group) is 1. The minimum absolute atomic E-state index is 0.0000177. The molecule has 3 unspecified atom stereocenters. The third kappa shape index (κ3) is 62.3. The number of aliphatic hydroxyl groups is 1. The zero-order valence-corrected chi connectivity index (χ0v) is 53.8. The molecule has 0 saturated heterocycles. The summed E-state index contributed by atoms with van der Waals surface area (Å²) >= 11 is 0. The van der Waals surface area contributed by atoms with Gasteiger partial charge in [-0.2, -0.15) is 0 Å². The van der Waals surface area contributed by atoms with E-state index in [1.165, 1.54) is 283 Å². The summed E-state index contributed by atoms with van der Waals surface area (Å²) in [5, 5.41) is 14.0. The first-order chi connectivity index (χ1) is 38.0. The summed E-state index contributed by atoms with van der Waals surface area (Å²) < 4.78 is 23.5. The predicted octanol–water partition coefficient (Wildman–Crippen LogP) is 21.0. The maximum absolute atomic E-state index is 13.0. The molecule has 0 aromatic carbocycles. The van der Waals surface area contributed by atoms with Crippen molar-refractivity contribution in [1.29, 1.82) is 0 Å². The zero-order chi connectivity index (χ0) is 57.0. The van der Waals surface area contributed by atoms with Gasteiger partial charge < -0.3 is 28.8 Å². The van der Waals surface area contributed by atoms with Crippen LogP contribution in [0.2, 0.25) is 0 Å². The van der Waals surface area contributed by atoms with Crippen molar-refractivity contribution in [2.24, 2.45) is 0 Å². The normalized spacial score (nSPS) is 13.9. The van der Waals surface area contributed by atoms with Crippen molar-refractivity contribution in [1.82, 2.24) is 5.32 Å². The van der Waals surface area contributed by atoms with Gasteiger partial charge in [-0.25, -0.2) is 0 Å². The van der Waals surface area contributed by atoms with Gasteiger partial charge >= 0.3 is 0 Å². The number of carbonyl (C=O) groups excluding carboxylic acids is 1. The maximum atomic E-state index is 13.0. The van der Waals surface area contributed by atoms with Crippen LogP contribution in [0, 0.1) is 0 Å². The zero-order valence-electron chi connectivity index (χ0n) is 52.9. The number of phosphoric acid groups is 1. The first kappa shape index (κ1) is 76.7. The molecule has 78 heavy (non-hydrogen) atoms. The molecule has 0 saturated carbocycles. The fourth-order valence-electron chi connectivity index (χ4n) is 10.5. The van der Waals surface area contributed by atoms with Crippen molar-refractivity contribution in [3.8, 4) is 0 Å². The first-order valence-corrected chi connectivity index (χ1v) is 35.8. The van der Waals surface area contributed by atoms with Gasteiger partial charge in [0.05, 0.1) is 39.9 Å². The van der Waals surface area contributed by atoms with E-state index in [-0.39, 0.29) is 19.1 Å². The summed E-state index contributed by atoms with van der Waals surface area (Å²) in [5.74, 6) is -0.193. The SMILES string of the molecule is CCCCCCC/C=C\C/C=C\CCCCCCCCCCCCCCCC(=O)NC(COP(=O)([O-])OCC[N+](C)(C)C)C(O)/C=C/CCCCCCCCCCCCCCCCCCCCCCCCCCCCCCC. The molecule has 0 aliphatic carbocycles. The summed E-state index contributed by atoms with van der Waals surface area (Å²) in [4.78, 5) is 25.6. The highest BCUT2D eigenvalue weighted by Gasteiger charge is 2.23. The van der Waals surface area contributed by atoms with Crippen molar-refractivity contribution in [3.63, 3.8) is 0 Å². The van der Waals surface area contributed by atoms with E-state index < -0.39 is 20.0 Å². The largest absolute Gasteiger partial charge is 0.756 e. The molecule has 462 valence electrons. The van der Waals surface area contributed by atoms with Crippen LogP contribution in [0.25, 0.3) is 0 Å². The second-order valence-electron chi connectivity index (χ2n) is 24.9. The van der Waals surface area contributed by atoms with Crippen LogP contribution in [0.4, 0.5) is 0 Å². The number of carbonyl (C=O) groups is 1. The van der Waals surface area contributed by atoms with E-state index in [4.69, 9.17) is 9.05 Å². The van der Waals surface area contributed by atoms with E-state index >= 15 is 0 Å². The molecule has 0 radical (unpaired) electrons. The Balaban J connectivity index is 4.06. The second-order valence-corrected chi connectivity index (χ2v) is 26.3. The minimum Gasteiger partial charge on any atom is -0.756 e. The van der Waals surface area contributed by atoms with Gasteiger partial charge in [-0.15, -0.1) is 0 Å². The van der Waals surface area contributed by atoms with Crippen molar-refractivity contribution in [2.45, 2.75) is 360 Å². The van der Waals surface area contributed by atoms with Crippen LogP contribution in [0.3, 0.4) is 0 Å². The van der Waals surface area contributed by atoms with Crippen molar-refractivity contribution >= 4 is 13.7 Å². The average molecular weight is 1120 g/mol. The molecular formula is C69H135N2O6P. The molecule has 0 bridgehead atoms. The van der Waals surface area contributed by atoms with Crippen LogP contribution in [-0.4, -0.2) is 68.5 Å². The molecule has 3 atom stereocenters. The Kier molecular flexibility index (Phi) is 59.3. The van der Waals surface area contributed by atoms with Gasteiger partial charge in [0.1, 0.15) is 13.2 Å². The lowest BCUT2D eigenvalue weighted by Crippen LogP contribution is -2.45. The Bertz CT molecular complexity index is 1360. The fraction of sp³-hybridized carbons (Fsp3) is 0.899. The Morgan fingerprint density at radius 2 is 0.744 bits per heavy atom. The third-order valence-electron chi connectivity index (χ3n) is 15.8. The predicted molar refractivity (Wildman–Crippen MR) is 339 cm³/mol. The summed E-state index contributed by atoms with van der Waals surface area (Å²) in [5.41, 5.74) is 0. The standard InChI is InChI=1S/C69H135N2O6P/c1-6-8-10-12-14-16-18-20-22-24-26-28-30-32-33-34-35-36-37-39-40-42-44-46-48-50-52-54-56-58-60-62-68(72)67(66-77-78(74,75)76-65-64-71(3,4)5)70-69(73)63-61-59-57-55-53-51-49-47-45-43-41-38-31-29-27-25-23-21-19-17-15-13-11-9-7-2/h19,21,25,27,60,62,67-68,72H,6-18,20,22-24,26,28-59,61,63-66H2,1-5H3,(H-,70,73,74,75)/b21-19-,27-25-,62-60+. The lowest BCUT2D eigenvalue weighted by molar-refractivity contribution is -0.870. The average Bonchev–Trinajstić information content (AvgIpc) is 3.41. The number of nitrogens with one attached hydrogen (secondary N) is 1. The number of hydrogen-bond acceptors (Lipinski definition) is 6. The molecule has 0 rings (SSSR count). The monoisotopic (exact) mass is 1120 g/mol. The van der Waals surface area contributed by atoms with Crippen molar-refractivity contribution in [3.05, 3.63) is 36.5 Å². The molecule has 0 aromatic heterocycles. The molecule has 9 heteroatoms. The molecule has 0 fully saturated rings. The number of unbranched alkanes of at least 4 members (excludes halogenated alkanes) is 47. The number of phosphoric ester groups is 1. The van der Waals surface area contributed by atoms with E-state index in [0.29, 0.717) is 17.4 Å². The highest BCUT2D eigenvalue weighted by Crippen LogP contribution is 2.38. The minimum atomic E-state index is -4.60. The number of allylic oxidation sites excluding steroid dienone is 5. The second kappa shape index (κ2) is 60.3. The van der Waals surface area contributed by atoms with Crippen LogP contribution in [0.15, 0.2) is 36.5 Å². The van der Waals surface area contributed by atoms with Crippen LogP contribution in [0.5, 0.6) is 0 Å². The smallest absolute Gasteiger partial charge is 0.268 e. The van der Waals surface area contributed by atoms with E-state index in [0.717, 1.165) is 44.9 Å². The summed E-state index contributed by atoms with van der Waals surface area (Å²) in [6.45, 7) is 4.69. The van der Waals surface area contributed by atoms with E-state index in [9.17, 15) is 19.4 Å². The Labute approximate surface area is 487 Å². The number of aliphatic hydroxyl groups excluding tert-OH is 1. The molecule has 2 N–H and O–H groups in total.